The van der Waals surface area contributed by atoms with Crippen LogP contribution in [0.2, 0.25) is 0 Å². The van der Waals surface area contributed by atoms with Crippen molar-refractivity contribution in [2.45, 2.75) is 23.9 Å². The second-order valence-electron chi connectivity index (χ2n) is 10.2. The van der Waals surface area contributed by atoms with E-state index in [9.17, 15) is 13.5 Å². The molecule has 5 aromatic rings. The molecule has 3 unspecified atom stereocenters. The van der Waals surface area contributed by atoms with Gasteiger partial charge in [-0.25, -0.2) is 0 Å². The van der Waals surface area contributed by atoms with Crippen LogP contribution in [0.4, 0.5) is 0 Å². The van der Waals surface area contributed by atoms with Crippen molar-refractivity contribution in [3.8, 4) is 11.5 Å². The van der Waals surface area contributed by atoms with Gasteiger partial charge in [-0.05, 0) is 0 Å². The van der Waals surface area contributed by atoms with E-state index in [-0.39, 0.29) is 20.7 Å². The van der Waals surface area contributed by atoms with E-state index in [4.69, 9.17) is 8.92 Å². The number of hydrogen-bond donors (Lipinski definition) is 1. The van der Waals surface area contributed by atoms with E-state index in [2.05, 4.69) is 36.4 Å². The van der Waals surface area contributed by atoms with Crippen LogP contribution < -0.4 is 13.1 Å². The predicted octanol–water partition coefficient (Wildman–Crippen LogP) is 5.06. The predicted molar refractivity (Wildman–Crippen MR) is 163 cm³/mol. The van der Waals surface area contributed by atoms with Crippen LogP contribution in [0.15, 0.2) is 121 Å². The van der Waals surface area contributed by atoms with Gasteiger partial charge >= 0.3 is 222 Å². The molecule has 2 heterocycles. The Labute approximate surface area is 245 Å². The molecule has 1 N–H and O–H groups in total. The second kappa shape index (κ2) is 10.5. The Balaban J connectivity index is 1.25. The summed E-state index contributed by atoms with van der Waals surface area (Å²) in [6.07, 6.45) is -0.773. The second-order valence-corrected chi connectivity index (χ2v) is 14.4. The molecule has 7 rings (SSSR count). The van der Waals surface area contributed by atoms with Gasteiger partial charge in [0.05, 0.1) is 0 Å². The van der Waals surface area contributed by atoms with Crippen molar-refractivity contribution in [1.82, 2.24) is 0 Å². The number of phenols is 1. The summed E-state index contributed by atoms with van der Waals surface area (Å²) >= 11 is 0.164. The minimum atomic E-state index is -4.03. The van der Waals surface area contributed by atoms with E-state index < -0.39 is 27.6 Å². The van der Waals surface area contributed by atoms with E-state index in [1.165, 1.54) is 8.92 Å². The Morgan fingerprint density at radius 1 is 0.707 bits per heavy atom. The fourth-order valence-corrected chi connectivity index (χ4v) is 8.97. The Kier molecular flexibility index (Phi) is 6.68. The first-order valence-corrected chi connectivity index (χ1v) is 16.6. The number of ether oxygens (including phenoxy) is 1. The first kappa shape index (κ1) is 26.1. The molecule has 204 valence electrons. The summed E-state index contributed by atoms with van der Waals surface area (Å²) in [6.45, 7) is 0. The Morgan fingerprint density at radius 3 is 2.12 bits per heavy atom. The SMILES string of the molecule is O=S(=O)(Oc1cccc2ccccc12)C1CC2OC1C(c1ccc([Se]c3ccccc3)cc1)=C2c1ccc(O)cc1. The monoisotopic (exact) mass is 626 g/mol. The average Bonchev–Trinajstić information content (AvgIpc) is 3.59. The van der Waals surface area contributed by atoms with Gasteiger partial charge in [-0.3, -0.25) is 0 Å². The van der Waals surface area contributed by atoms with Gasteiger partial charge in [0.25, 0.3) is 0 Å². The molecular weight excluding hydrogens is 599 g/mol. The van der Waals surface area contributed by atoms with Crippen LogP contribution in [0, 0.1) is 0 Å². The minimum absolute atomic E-state index is 0.164. The third-order valence-electron chi connectivity index (χ3n) is 7.64. The maximum atomic E-state index is 13.8. The van der Waals surface area contributed by atoms with Crippen LogP contribution >= 0.6 is 0 Å². The third kappa shape index (κ3) is 4.96. The van der Waals surface area contributed by atoms with Gasteiger partial charge < -0.3 is 0 Å². The zero-order chi connectivity index (χ0) is 28.0. The van der Waals surface area contributed by atoms with E-state index in [0.29, 0.717) is 12.2 Å². The van der Waals surface area contributed by atoms with Gasteiger partial charge in [0.2, 0.25) is 0 Å². The number of benzene rings is 5. The number of aromatic hydroxyl groups is 1. The Morgan fingerprint density at radius 2 is 1.34 bits per heavy atom. The molecule has 5 nitrogen and oxygen atoms in total. The standard InChI is InChI=1S/C34H26O5SSe/c35-25-17-13-23(14-18-25)32-30-21-31(40(36,37)39-29-12-6-8-22-7-4-5-11-28(22)29)34(38-30)33(32)24-15-19-27(20-16-24)41-26-9-2-1-3-10-26/h1-20,30-31,34-35H,21H2. The van der Waals surface area contributed by atoms with Crippen molar-refractivity contribution in [3.05, 3.63) is 132 Å². The summed E-state index contributed by atoms with van der Waals surface area (Å²) < 4.78 is 42.3. The number of fused-ring (bicyclic) bond motifs is 3. The molecule has 2 aliphatic rings. The van der Waals surface area contributed by atoms with Crippen LogP contribution in [-0.4, -0.2) is 45.9 Å². The molecule has 5 aromatic carbocycles. The average molecular weight is 626 g/mol. The van der Waals surface area contributed by atoms with E-state index in [0.717, 1.165) is 33.0 Å². The van der Waals surface area contributed by atoms with Crippen molar-refractivity contribution >= 4 is 55.9 Å². The Bertz CT molecular complexity index is 1860. The molecule has 0 spiro atoms. The molecule has 0 amide bonds. The van der Waals surface area contributed by atoms with Crippen molar-refractivity contribution in [2.24, 2.45) is 0 Å². The molecule has 0 radical (unpaired) electrons. The molecule has 1 saturated heterocycles. The fraction of sp³-hybridized carbons (Fsp3) is 0.118. The molecule has 0 aliphatic carbocycles. The fourth-order valence-electron chi connectivity index (χ4n) is 5.78. The topological polar surface area (TPSA) is 72.8 Å². The van der Waals surface area contributed by atoms with Crippen LogP contribution in [0.5, 0.6) is 11.5 Å². The molecule has 3 atom stereocenters. The van der Waals surface area contributed by atoms with E-state index in [1.54, 1.807) is 24.3 Å². The molecule has 0 saturated carbocycles. The van der Waals surface area contributed by atoms with Crippen molar-refractivity contribution < 1.29 is 22.4 Å². The van der Waals surface area contributed by atoms with Crippen LogP contribution in [-0.2, 0) is 14.9 Å². The molecule has 2 bridgehead atoms. The molecule has 41 heavy (non-hydrogen) atoms. The van der Waals surface area contributed by atoms with Gasteiger partial charge in [-0.1, -0.05) is 24.3 Å². The Hall–Kier alpha value is -3.87. The summed E-state index contributed by atoms with van der Waals surface area (Å²) in [5.41, 5.74) is 3.67. The summed E-state index contributed by atoms with van der Waals surface area (Å²) in [5, 5.41) is 10.7. The number of phenolic OH excluding ortho intramolecular Hbond substituents is 1. The molecular formula is C34H26O5SSe. The van der Waals surface area contributed by atoms with Crippen LogP contribution in [0.3, 0.4) is 0 Å². The van der Waals surface area contributed by atoms with Gasteiger partial charge in [-0.15, -0.1) is 0 Å². The normalized spacial score (nSPS) is 20.0. The molecule has 1 fully saturated rings. The molecule has 7 heteroatoms. The maximum absolute atomic E-state index is 13.8. The van der Waals surface area contributed by atoms with E-state index >= 15 is 0 Å². The van der Waals surface area contributed by atoms with Crippen molar-refractivity contribution in [1.29, 1.82) is 0 Å². The zero-order valence-corrected chi connectivity index (χ0v) is 24.4. The van der Waals surface area contributed by atoms with Crippen LogP contribution in [0.25, 0.3) is 21.9 Å². The van der Waals surface area contributed by atoms with Gasteiger partial charge in [-0.2, -0.15) is 0 Å². The quantitative estimate of drug-likeness (QED) is 0.202. The molecule has 0 aromatic heterocycles. The summed E-state index contributed by atoms with van der Waals surface area (Å²) in [4.78, 5) is 0. The van der Waals surface area contributed by atoms with Gasteiger partial charge in [0, 0.05) is 0 Å². The van der Waals surface area contributed by atoms with Gasteiger partial charge in [0.1, 0.15) is 0 Å². The third-order valence-corrected chi connectivity index (χ3v) is 11.4. The number of hydrogen-bond acceptors (Lipinski definition) is 5. The summed E-state index contributed by atoms with van der Waals surface area (Å²) in [7, 11) is -4.03. The summed E-state index contributed by atoms with van der Waals surface area (Å²) in [5.74, 6) is 0.499. The number of rotatable bonds is 7. The van der Waals surface area contributed by atoms with Crippen LogP contribution in [0.1, 0.15) is 17.5 Å². The first-order chi connectivity index (χ1) is 20.0. The van der Waals surface area contributed by atoms with Crippen molar-refractivity contribution in [3.63, 3.8) is 0 Å². The summed E-state index contributed by atoms with van der Waals surface area (Å²) in [6, 6.07) is 38.8. The first-order valence-electron chi connectivity index (χ1n) is 13.4. The van der Waals surface area contributed by atoms with Crippen molar-refractivity contribution in [2.75, 3.05) is 0 Å². The zero-order valence-electron chi connectivity index (χ0n) is 21.9. The van der Waals surface area contributed by atoms with Gasteiger partial charge in [0.15, 0.2) is 0 Å². The molecule has 2 aliphatic heterocycles. The van der Waals surface area contributed by atoms with E-state index in [1.807, 2.05) is 60.7 Å².